The Hall–Kier alpha value is -0.870. The van der Waals surface area contributed by atoms with E-state index in [-0.39, 0.29) is 13.0 Å². The van der Waals surface area contributed by atoms with Gasteiger partial charge in [-0.3, -0.25) is 4.79 Å². The van der Waals surface area contributed by atoms with Crippen LogP contribution >= 0.6 is 0 Å². The van der Waals surface area contributed by atoms with Crippen molar-refractivity contribution in [2.45, 2.75) is 31.2 Å². The third kappa shape index (κ3) is 4.32. The van der Waals surface area contributed by atoms with Gasteiger partial charge >= 0.3 is 6.18 Å². The molecule has 1 aliphatic heterocycles. The van der Waals surface area contributed by atoms with Gasteiger partial charge in [0.1, 0.15) is 6.04 Å². The number of carbonyl (C=O) groups is 1. The number of sulfonamides is 1. The molecular weight excluding hydrogens is 289 g/mol. The maximum Gasteiger partial charge on any atom is 0.416 e. The van der Waals surface area contributed by atoms with Crippen LogP contribution in [0.15, 0.2) is 0 Å². The predicted octanol–water partition coefficient (Wildman–Crippen LogP) is -0.550. The standard InChI is InChI=1S/C9H15F3N2O4S/c1-19(17,18)14-4-2-3-6(14)8(16)13-5-7(15)9(10,11)12/h6-7,15H,2-5H2,1H3,(H,13,16). The van der Waals surface area contributed by atoms with Gasteiger partial charge in [-0.2, -0.15) is 17.5 Å². The van der Waals surface area contributed by atoms with Gasteiger partial charge in [-0.1, -0.05) is 0 Å². The summed E-state index contributed by atoms with van der Waals surface area (Å²) in [5.41, 5.74) is 0. The van der Waals surface area contributed by atoms with Crippen molar-refractivity contribution in [1.82, 2.24) is 9.62 Å². The van der Waals surface area contributed by atoms with E-state index in [1.165, 1.54) is 0 Å². The lowest BCUT2D eigenvalue weighted by molar-refractivity contribution is -0.201. The third-order valence-corrected chi connectivity index (χ3v) is 4.07. The Labute approximate surface area is 108 Å². The van der Waals surface area contributed by atoms with E-state index in [0.717, 1.165) is 10.6 Å². The molecule has 0 spiro atoms. The molecule has 2 N–H and O–H groups in total. The monoisotopic (exact) mass is 304 g/mol. The zero-order chi connectivity index (χ0) is 14.8. The molecule has 1 heterocycles. The topological polar surface area (TPSA) is 86.7 Å². The number of halogens is 3. The molecule has 2 unspecified atom stereocenters. The smallest absolute Gasteiger partial charge is 0.382 e. The van der Waals surface area contributed by atoms with Crippen LogP contribution in [0.3, 0.4) is 0 Å². The number of alkyl halides is 3. The van der Waals surface area contributed by atoms with E-state index in [2.05, 4.69) is 0 Å². The second kappa shape index (κ2) is 5.63. The van der Waals surface area contributed by atoms with Crippen molar-refractivity contribution in [1.29, 1.82) is 0 Å². The van der Waals surface area contributed by atoms with Crippen LogP contribution in [0.5, 0.6) is 0 Å². The lowest BCUT2D eigenvalue weighted by Gasteiger charge is -2.22. The number of nitrogens with zero attached hydrogens (tertiary/aromatic N) is 1. The van der Waals surface area contributed by atoms with Crippen LogP contribution in [0, 0.1) is 0 Å². The van der Waals surface area contributed by atoms with Crippen LogP contribution in [0.4, 0.5) is 13.2 Å². The molecule has 0 bridgehead atoms. The summed E-state index contributed by atoms with van der Waals surface area (Å²) in [6.07, 6.45) is -5.83. The van der Waals surface area contributed by atoms with Gasteiger partial charge < -0.3 is 10.4 Å². The van der Waals surface area contributed by atoms with Gasteiger partial charge in [0.05, 0.1) is 12.8 Å². The minimum atomic E-state index is -4.82. The van der Waals surface area contributed by atoms with E-state index in [0.29, 0.717) is 6.42 Å². The fourth-order valence-electron chi connectivity index (χ4n) is 1.83. The summed E-state index contributed by atoms with van der Waals surface area (Å²) in [5.74, 6) is -0.828. The average Bonchev–Trinajstić information content (AvgIpc) is 2.72. The number of hydrogen-bond donors (Lipinski definition) is 2. The fraction of sp³-hybridized carbons (Fsp3) is 0.889. The molecular formula is C9H15F3N2O4S. The number of nitrogens with one attached hydrogen (secondary N) is 1. The molecule has 1 rings (SSSR count). The molecule has 1 aliphatic rings. The SMILES string of the molecule is CS(=O)(=O)N1CCCC1C(=O)NCC(O)C(F)(F)F. The van der Waals surface area contributed by atoms with E-state index >= 15 is 0 Å². The predicted molar refractivity (Wildman–Crippen MR) is 59.6 cm³/mol. The molecule has 0 aromatic heterocycles. The maximum atomic E-state index is 12.0. The van der Waals surface area contributed by atoms with Crippen molar-refractivity contribution in [3.63, 3.8) is 0 Å². The Bertz CT molecular complexity index is 437. The minimum Gasteiger partial charge on any atom is -0.382 e. The van der Waals surface area contributed by atoms with Crippen molar-refractivity contribution in [2.75, 3.05) is 19.3 Å². The molecule has 1 amide bonds. The normalized spacial score (nSPS) is 23.3. The molecule has 0 aromatic rings. The quantitative estimate of drug-likeness (QED) is 0.729. The van der Waals surface area contributed by atoms with Crippen LogP contribution in [-0.2, 0) is 14.8 Å². The molecule has 6 nitrogen and oxygen atoms in total. The highest BCUT2D eigenvalue weighted by Gasteiger charge is 2.40. The lowest BCUT2D eigenvalue weighted by Crippen LogP contribution is -2.49. The molecule has 19 heavy (non-hydrogen) atoms. The highest BCUT2D eigenvalue weighted by molar-refractivity contribution is 7.88. The first kappa shape index (κ1) is 16.2. The number of hydrogen-bond acceptors (Lipinski definition) is 4. The minimum absolute atomic E-state index is 0.165. The Morgan fingerprint density at radius 2 is 2.11 bits per heavy atom. The third-order valence-electron chi connectivity index (χ3n) is 2.78. The van der Waals surface area contributed by atoms with E-state index < -0.39 is 40.8 Å². The Morgan fingerprint density at radius 1 is 1.53 bits per heavy atom. The van der Waals surface area contributed by atoms with Gasteiger partial charge in [-0.15, -0.1) is 0 Å². The molecule has 0 aliphatic carbocycles. The molecule has 0 aromatic carbocycles. The lowest BCUT2D eigenvalue weighted by atomic mass is 10.2. The summed E-state index contributed by atoms with van der Waals surface area (Å²) >= 11 is 0. The Kier molecular flexibility index (Phi) is 4.80. The second-order valence-corrected chi connectivity index (χ2v) is 6.27. The van der Waals surface area contributed by atoms with Gasteiger partial charge in [0.2, 0.25) is 15.9 Å². The summed E-state index contributed by atoms with van der Waals surface area (Å²) in [4.78, 5) is 11.6. The molecule has 2 atom stereocenters. The van der Waals surface area contributed by atoms with E-state index in [1.54, 1.807) is 0 Å². The van der Waals surface area contributed by atoms with Crippen molar-refractivity contribution in [3.8, 4) is 0 Å². The number of amides is 1. The van der Waals surface area contributed by atoms with Gasteiger partial charge in [0, 0.05) is 6.54 Å². The first-order chi connectivity index (χ1) is 8.53. The van der Waals surface area contributed by atoms with Gasteiger partial charge in [-0.25, -0.2) is 8.42 Å². The first-order valence-electron chi connectivity index (χ1n) is 5.53. The van der Waals surface area contributed by atoms with Crippen LogP contribution in [0.2, 0.25) is 0 Å². The van der Waals surface area contributed by atoms with Crippen molar-refractivity contribution in [3.05, 3.63) is 0 Å². The molecule has 0 saturated carbocycles. The van der Waals surface area contributed by atoms with Gasteiger partial charge in [0.25, 0.3) is 0 Å². The molecule has 112 valence electrons. The summed E-state index contributed by atoms with van der Waals surface area (Å²) < 4.78 is 59.8. The second-order valence-electron chi connectivity index (χ2n) is 4.33. The average molecular weight is 304 g/mol. The van der Waals surface area contributed by atoms with Crippen LogP contribution in [0.1, 0.15) is 12.8 Å². The zero-order valence-corrected chi connectivity index (χ0v) is 11.0. The van der Waals surface area contributed by atoms with E-state index in [4.69, 9.17) is 5.11 Å². The number of carbonyl (C=O) groups excluding carboxylic acids is 1. The molecule has 10 heteroatoms. The van der Waals surface area contributed by atoms with E-state index in [1.807, 2.05) is 5.32 Å². The summed E-state index contributed by atoms with van der Waals surface area (Å²) in [6.45, 7) is -0.824. The van der Waals surface area contributed by atoms with Crippen LogP contribution in [0.25, 0.3) is 0 Å². The summed E-state index contributed by atoms with van der Waals surface area (Å²) in [6, 6.07) is -1.00. The largest absolute Gasteiger partial charge is 0.416 e. The first-order valence-corrected chi connectivity index (χ1v) is 7.37. The van der Waals surface area contributed by atoms with E-state index in [9.17, 15) is 26.4 Å². The number of rotatable bonds is 4. The number of aliphatic hydroxyl groups excluding tert-OH is 1. The highest BCUT2D eigenvalue weighted by Crippen LogP contribution is 2.21. The fourth-order valence-corrected chi connectivity index (χ4v) is 2.95. The summed E-state index contributed by atoms with van der Waals surface area (Å²) in [5, 5.41) is 10.6. The van der Waals surface area contributed by atoms with Crippen LogP contribution in [-0.4, -0.2) is 61.4 Å². The van der Waals surface area contributed by atoms with Crippen LogP contribution < -0.4 is 5.32 Å². The molecule has 1 saturated heterocycles. The zero-order valence-electron chi connectivity index (χ0n) is 10.1. The van der Waals surface area contributed by atoms with Crippen molar-refractivity contribution in [2.24, 2.45) is 0 Å². The van der Waals surface area contributed by atoms with Gasteiger partial charge in [-0.05, 0) is 12.8 Å². The number of aliphatic hydroxyl groups is 1. The molecule has 0 radical (unpaired) electrons. The van der Waals surface area contributed by atoms with Gasteiger partial charge in [0.15, 0.2) is 6.10 Å². The highest BCUT2D eigenvalue weighted by atomic mass is 32.2. The Balaban J connectivity index is 2.59. The molecule has 1 fully saturated rings. The van der Waals surface area contributed by atoms with Crippen molar-refractivity contribution < 1.29 is 31.5 Å². The maximum absolute atomic E-state index is 12.0. The summed E-state index contributed by atoms with van der Waals surface area (Å²) in [7, 11) is -3.58. The Morgan fingerprint density at radius 3 is 2.58 bits per heavy atom. The van der Waals surface area contributed by atoms with Crippen molar-refractivity contribution >= 4 is 15.9 Å².